The van der Waals surface area contributed by atoms with E-state index in [1.165, 1.54) is 43.4 Å². The fourth-order valence-corrected chi connectivity index (χ4v) is 5.90. The standard InChI is InChI=1S/C38H24N2/c1-2-10-26-21-28(18-17-25(26)9-1)35-23-38(40-36-16-8-7-15-33(35)36)37-20-19-29(24-39-37)34-22-27-11-3-4-12-30(27)31-13-5-6-14-32(31)34/h1-24H. The number of para-hydroxylation sites is 1. The van der Waals surface area contributed by atoms with Gasteiger partial charge in [0.2, 0.25) is 0 Å². The summed E-state index contributed by atoms with van der Waals surface area (Å²) in [6, 6.07) is 49.4. The highest BCUT2D eigenvalue weighted by Gasteiger charge is 2.13. The summed E-state index contributed by atoms with van der Waals surface area (Å²) in [7, 11) is 0. The Morgan fingerprint density at radius 2 is 1.02 bits per heavy atom. The Labute approximate surface area is 232 Å². The summed E-state index contributed by atoms with van der Waals surface area (Å²) < 4.78 is 0. The van der Waals surface area contributed by atoms with Gasteiger partial charge in [0, 0.05) is 17.1 Å². The zero-order valence-corrected chi connectivity index (χ0v) is 21.8. The van der Waals surface area contributed by atoms with Gasteiger partial charge >= 0.3 is 0 Å². The van der Waals surface area contributed by atoms with Crippen molar-refractivity contribution in [1.29, 1.82) is 0 Å². The molecule has 0 radical (unpaired) electrons. The Morgan fingerprint density at radius 3 is 1.85 bits per heavy atom. The molecule has 0 fully saturated rings. The lowest BCUT2D eigenvalue weighted by Gasteiger charge is -2.13. The molecule has 8 aromatic rings. The summed E-state index contributed by atoms with van der Waals surface area (Å²) in [6.07, 6.45) is 1.98. The fraction of sp³-hybridized carbons (Fsp3) is 0. The average Bonchev–Trinajstić information content (AvgIpc) is 3.04. The molecule has 0 saturated carbocycles. The summed E-state index contributed by atoms with van der Waals surface area (Å²) in [6.45, 7) is 0. The normalized spacial score (nSPS) is 11.5. The zero-order chi connectivity index (χ0) is 26.5. The Balaban J connectivity index is 1.27. The molecule has 186 valence electrons. The van der Waals surface area contributed by atoms with E-state index in [0.29, 0.717) is 0 Å². The number of hydrogen-bond acceptors (Lipinski definition) is 2. The molecule has 0 unspecified atom stereocenters. The predicted octanol–water partition coefficient (Wildman–Crippen LogP) is 10.1. The molecule has 0 aliphatic rings. The van der Waals surface area contributed by atoms with Gasteiger partial charge in [0.1, 0.15) is 0 Å². The molecule has 8 rings (SSSR count). The lowest BCUT2D eigenvalue weighted by atomic mass is 9.94. The number of pyridine rings is 2. The fourth-order valence-electron chi connectivity index (χ4n) is 5.90. The molecule has 2 heterocycles. The number of nitrogens with zero attached hydrogens (tertiary/aromatic N) is 2. The predicted molar refractivity (Wildman–Crippen MR) is 168 cm³/mol. The van der Waals surface area contributed by atoms with E-state index in [2.05, 4.69) is 133 Å². The lowest BCUT2D eigenvalue weighted by Crippen LogP contribution is -1.93. The van der Waals surface area contributed by atoms with Gasteiger partial charge in [0.25, 0.3) is 0 Å². The van der Waals surface area contributed by atoms with E-state index in [1.807, 2.05) is 12.3 Å². The van der Waals surface area contributed by atoms with Gasteiger partial charge in [-0.25, -0.2) is 4.98 Å². The van der Waals surface area contributed by atoms with Gasteiger partial charge < -0.3 is 0 Å². The summed E-state index contributed by atoms with van der Waals surface area (Å²) in [5.74, 6) is 0. The van der Waals surface area contributed by atoms with Crippen molar-refractivity contribution in [3.8, 4) is 33.6 Å². The zero-order valence-electron chi connectivity index (χ0n) is 21.8. The molecule has 2 aromatic heterocycles. The second-order valence-electron chi connectivity index (χ2n) is 10.3. The van der Waals surface area contributed by atoms with Crippen LogP contribution in [0, 0.1) is 0 Å². The number of fused-ring (bicyclic) bond motifs is 5. The molecule has 0 N–H and O–H groups in total. The van der Waals surface area contributed by atoms with Gasteiger partial charge in [-0.15, -0.1) is 0 Å². The maximum Gasteiger partial charge on any atom is 0.0900 e. The first kappa shape index (κ1) is 22.6. The molecule has 2 nitrogen and oxygen atoms in total. The van der Waals surface area contributed by atoms with Gasteiger partial charge in [0.15, 0.2) is 0 Å². The van der Waals surface area contributed by atoms with Crippen molar-refractivity contribution in [1.82, 2.24) is 9.97 Å². The van der Waals surface area contributed by atoms with Gasteiger partial charge in [-0.3, -0.25) is 4.98 Å². The van der Waals surface area contributed by atoms with Crippen LogP contribution < -0.4 is 0 Å². The van der Waals surface area contributed by atoms with Crippen molar-refractivity contribution in [3.63, 3.8) is 0 Å². The first-order valence-electron chi connectivity index (χ1n) is 13.6. The molecule has 2 heteroatoms. The van der Waals surface area contributed by atoms with Crippen LogP contribution in [0.15, 0.2) is 146 Å². The second-order valence-corrected chi connectivity index (χ2v) is 10.3. The number of hydrogen-bond donors (Lipinski definition) is 0. The highest BCUT2D eigenvalue weighted by molar-refractivity contribution is 6.13. The van der Waals surface area contributed by atoms with Crippen LogP contribution in [0.2, 0.25) is 0 Å². The third-order valence-electron chi connectivity index (χ3n) is 7.88. The van der Waals surface area contributed by atoms with Crippen molar-refractivity contribution in [3.05, 3.63) is 146 Å². The summed E-state index contributed by atoms with van der Waals surface area (Å²) in [5.41, 5.74) is 7.33. The second kappa shape index (κ2) is 9.14. The van der Waals surface area contributed by atoms with Crippen LogP contribution in [0.1, 0.15) is 0 Å². The largest absolute Gasteiger partial charge is 0.254 e. The summed E-state index contributed by atoms with van der Waals surface area (Å²) >= 11 is 0. The van der Waals surface area contributed by atoms with Crippen molar-refractivity contribution in [2.24, 2.45) is 0 Å². The van der Waals surface area contributed by atoms with E-state index in [0.717, 1.165) is 33.4 Å². The molecular formula is C38H24N2. The average molecular weight is 509 g/mol. The first-order valence-corrected chi connectivity index (χ1v) is 13.6. The third kappa shape index (κ3) is 3.73. The van der Waals surface area contributed by atoms with E-state index in [1.54, 1.807) is 0 Å². The highest BCUT2D eigenvalue weighted by atomic mass is 14.8. The maximum atomic E-state index is 5.02. The minimum absolute atomic E-state index is 0.863. The van der Waals surface area contributed by atoms with Crippen LogP contribution in [-0.2, 0) is 0 Å². The van der Waals surface area contributed by atoms with Crippen molar-refractivity contribution < 1.29 is 0 Å². The Hall–Kier alpha value is -5.34. The van der Waals surface area contributed by atoms with E-state index in [-0.39, 0.29) is 0 Å². The van der Waals surface area contributed by atoms with Crippen LogP contribution in [0.4, 0.5) is 0 Å². The molecule has 0 saturated heterocycles. The number of aromatic nitrogens is 2. The van der Waals surface area contributed by atoms with E-state index in [9.17, 15) is 0 Å². The molecule has 0 aliphatic carbocycles. The van der Waals surface area contributed by atoms with E-state index >= 15 is 0 Å². The topological polar surface area (TPSA) is 25.8 Å². The monoisotopic (exact) mass is 508 g/mol. The van der Waals surface area contributed by atoms with Crippen molar-refractivity contribution in [2.75, 3.05) is 0 Å². The maximum absolute atomic E-state index is 5.02. The Morgan fingerprint density at radius 1 is 0.375 bits per heavy atom. The molecule has 0 amide bonds. The molecule has 40 heavy (non-hydrogen) atoms. The highest BCUT2D eigenvalue weighted by Crippen LogP contribution is 2.36. The van der Waals surface area contributed by atoms with Crippen LogP contribution in [0.5, 0.6) is 0 Å². The Bertz CT molecular complexity index is 2210. The van der Waals surface area contributed by atoms with Crippen LogP contribution >= 0.6 is 0 Å². The van der Waals surface area contributed by atoms with Crippen LogP contribution in [0.3, 0.4) is 0 Å². The number of benzene rings is 6. The Kier molecular flexibility index (Phi) is 5.17. The van der Waals surface area contributed by atoms with Crippen molar-refractivity contribution >= 4 is 43.2 Å². The molecule has 0 atom stereocenters. The summed E-state index contributed by atoms with van der Waals surface area (Å²) in [4.78, 5) is 9.97. The van der Waals surface area contributed by atoms with E-state index in [4.69, 9.17) is 9.97 Å². The number of rotatable bonds is 3. The van der Waals surface area contributed by atoms with Crippen LogP contribution in [0.25, 0.3) is 76.9 Å². The van der Waals surface area contributed by atoms with Crippen LogP contribution in [-0.4, -0.2) is 9.97 Å². The van der Waals surface area contributed by atoms with Gasteiger partial charge in [-0.2, -0.15) is 0 Å². The SMILES string of the molecule is c1ccc2cc(-c3cc(-c4ccc(-c5cc6ccccc6c6ccccc56)cn4)nc4ccccc34)ccc2c1. The smallest absolute Gasteiger partial charge is 0.0900 e. The van der Waals surface area contributed by atoms with E-state index < -0.39 is 0 Å². The first-order chi connectivity index (χ1) is 19.8. The minimum atomic E-state index is 0.863. The molecule has 0 spiro atoms. The molecular weight excluding hydrogens is 484 g/mol. The molecule has 6 aromatic carbocycles. The quantitative estimate of drug-likeness (QED) is 0.222. The van der Waals surface area contributed by atoms with Gasteiger partial charge in [-0.1, -0.05) is 109 Å². The molecule has 0 aliphatic heterocycles. The molecule has 0 bridgehead atoms. The third-order valence-corrected chi connectivity index (χ3v) is 7.88. The summed E-state index contributed by atoms with van der Waals surface area (Å²) in [5, 5.41) is 8.61. The van der Waals surface area contributed by atoms with Gasteiger partial charge in [0.05, 0.1) is 16.9 Å². The lowest BCUT2D eigenvalue weighted by molar-refractivity contribution is 1.28. The van der Waals surface area contributed by atoms with Gasteiger partial charge in [-0.05, 0) is 79.3 Å². The van der Waals surface area contributed by atoms with Crippen molar-refractivity contribution in [2.45, 2.75) is 0 Å². The minimum Gasteiger partial charge on any atom is -0.254 e.